The summed E-state index contributed by atoms with van der Waals surface area (Å²) in [7, 11) is 0. The van der Waals surface area contributed by atoms with E-state index in [2.05, 4.69) is 32.8 Å². The van der Waals surface area contributed by atoms with Crippen molar-refractivity contribution in [3.63, 3.8) is 0 Å². The third-order valence-corrected chi connectivity index (χ3v) is 4.45. The van der Waals surface area contributed by atoms with Crippen molar-refractivity contribution in [3.8, 4) is 0 Å². The van der Waals surface area contributed by atoms with Gasteiger partial charge in [0.15, 0.2) is 0 Å². The molecule has 3 N–H and O–H groups in total. The number of hydrogen-bond donors (Lipinski definition) is 2. The molecule has 2 aromatic heterocycles. The molecule has 1 amide bonds. The SMILES string of the molecule is NNC(=O)c1ccc(CN(Cc2cccs2)C2CC2)nc1. The molecule has 0 aliphatic heterocycles. The molecule has 0 aromatic carbocycles. The summed E-state index contributed by atoms with van der Waals surface area (Å²) in [4.78, 5) is 19.6. The zero-order valence-corrected chi connectivity index (χ0v) is 12.5. The van der Waals surface area contributed by atoms with E-state index in [1.165, 1.54) is 17.7 Å². The maximum atomic E-state index is 11.4. The summed E-state index contributed by atoms with van der Waals surface area (Å²) in [5.41, 5.74) is 3.57. The molecule has 6 heteroatoms. The van der Waals surface area contributed by atoms with E-state index in [1.54, 1.807) is 23.6 Å². The molecule has 1 aliphatic carbocycles. The molecule has 0 saturated heterocycles. The Hall–Kier alpha value is -1.76. The van der Waals surface area contributed by atoms with E-state index >= 15 is 0 Å². The van der Waals surface area contributed by atoms with Crippen LogP contribution in [0.2, 0.25) is 0 Å². The molecule has 0 radical (unpaired) electrons. The minimum absolute atomic E-state index is 0.313. The average Bonchev–Trinajstić information content (AvgIpc) is 3.24. The number of nitrogens with one attached hydrogen (secondary N) is 1. The van der Waals surface area contributed by atoms with Gasteiger partial charge in [0.1, 0.15) is 0 Å². The van der Waals surface area contributed by atoms with Crippen LogP contribution in [-0.2, 0) is 13.1 Å². The van der Waals surface area contributed by atoms with Gasteiger partial charge in [0.25, 0.3) is 5.91 Å². The molecule has 0 unspecified atom stereocenters. The molecule has 2 heterocycles. The van der Waals surface area contributed by atoms with Crippen molar-refractivity contribution in [2.24, 2.45) is 5.84 Å². The van der Waals surface area contributed by atoms with Crippen LogP contribution in [-0.4, -0.2) is 21.8 Å². The third kappa shape index (κ3) is 3.66. The summed E-state index contributed by atoms with van der Waals surface area (Å²) < 4.78 is 0. The first-order chi connectivity index (χ1) is 10.3. The average molecular weight is 302 g/mol. The van der Waals surface area contributed by atoms with Crippen LogP contribution in [0.5, 0.6) is 0 Å². The van der Waals surface area contributed by atoms with Crippen LogP contribution < -0.4 is 11.3 Å². The molecule has 0 atom stereocenters. The molecular formula is C15H18N4OS. The van der Waals surface area contributed by atoms with Gasteiger partial charge in [-0.2, -0.15) is 0 Å². The smallest absolute Gasteiger partial charge is 0.266 e. The van der Waals surface area contributed by atoms with Gasteiger partial charge in [-0.1, -0.05) is 6.07 Å². The second kappa shape index (κ2) is 6.34. The molecule has 21 heavy (non-hydrogen) atoms. The van der Waals surface area contributed by atoms with Crippen molar-refractivity contribution in [1.82, 2.24) is 15.3 Å². The van der Waals surface area contributed by atoms with Crippen molar-refractivity contribution in [3.05, 3.63) is 52.0 Å². The van der Waals surface area contributed by atoms with Gasteiger partial charge in [0.05, 0.1) is 11.3 Å². The molecule has 110 valence electrons. The fourth-order valence-electron chi connectivity index (χ4n) is 2.30. The van der Waals surface area contributed by atoms with E-state index in [0.717, 1.165) is 18.8 Å². The van der Waals surface area contributed by atoms with Crippen LogP contribution in [0.15, 0.2) is 35.8 Å². The molecule has 1 fully saturated rings. The van der Waals surface area contributed by atoms with Crippen LogP contribution in [0.1, 0.15) is 33.8 Å². The lowest BCUT2D eigenvalue weighted by Crippen LogP contribution is -2.30. The largest absolute Gasteiger partial charge is 0.290 e. The Balaban J connectivity index is 1.66. The fourth-order valence-corrected chi connectivity index (χ4v) is 3.03. The van der Waals surface area contributed by atoms with E-state index in [9.17, 15) is 4.79 Å². The Kier molecular flexibility index (Phi) is 4.28. The minimum atomic E-state index is -0.313. The lowest BCUT2D eigenvalue weighted by molar-refractivity contribution is 0.0953. The van der Waals surface area contributed by atoms with Gasteiger partial charge in [-0.3, -0.25) is 20.1 Å². The van der Waals surface area contributed by atoms with Crippen LogP contribution >= 0.6 is 11.3 Å². The van der Waals surface area contributed by atoms with Gasteiger partial charge < -0.3 is 0 Å². The number of nitrogens with two attached hydrogens (primary N) is 1. The topological polar surface area (TPSA) is 71.2 Å². The Bertz CT molecular complexity index is 593. The van der Waals surface area contributed by atoms with Crippen molar-refractivity contribution in [2.45, 2.75) is 32.0 Å². The quantitative estimate of drug-likeness (QED) is 0.486. The first-order valence-corrected chi connectivity index (χ1v) is 7.86. The number of pyridine rings is 1. The van der Waals surface area contributed by atoms with Crippen LogP contribution in [0.25, 0.3) is 0 Å². The second-order valence-corrected chi connectivity index (χ2v) is 6.26. The molecule has 3 rings (SSSR count). The van der Waals surface area contributed by atoms with Crippen molar-refractivity contribution >= 4 is 17.2 Å². The van der Waals surface area contributed by atoms with E-state index < -0.39 is 0 Å². The molecule has 0 spiro atoms. The maximum Gasteiger partial charge on any atom is 0.266 e. The summed E-state index contributed by atoms with van der Waals surface area (Å²) in [6, 6.07) is 8.59. The van der Waals surface area contributed by atoms with Gasteiger partial charge >= 0.3 is 0 Å². The number of thiophene rings is 1. The van der Waals surface area contributed by atoms with Crippen molar-refractivity contribution in [2.75, 3.05) is 0 Å². The highest BCUT2D eigenvalue weighted by atomic mass is 32.1. The Labute approximate surface area is 127 Å². The number of amides is 1. The van der Waals surface area contributed by atoms with Crippen molar-refractivity contribution in [1.29, 1.82) is 0 Å². The predicted molar refractivity (Wildman–Crippen MR) is 82.5 cm³/mol. The minimum Gasteiger partial charge on any atom is -0.290 e. The molecular weight excluding hydrogens is 284 g/mol. The highest BCUT2D eigenvalue weighted by molar-refractivity contribution is 7.09. The van der Waals surface area contributed by atoms with Crippen molar-refractivity contribution < 1.29 is 4.79 Å². The summed E-state index contributed by atoms with van der Waals surface area (Å²) >= 11 is 1.79. The van der Waals surface area contributed by atoms with Crippen LogP contribution in [0.4, 0.5) is 0 Å². The highest BCUT2D eigenvalue weighted by Crippen LogP contribution is 2.30. The number of hydrogen-bond acceptors (Lipinski definition) is 5. The van der Waals surface area contributed by atoms with Gasteiger partial charge in [-0.05, 0) is 36.4 Å². The Morgan fingerprint density at radius 2 is 2.24 bits per heavy atom. The zero-order valence-electron chi connectivity index (χ0n) is 11.7. The normalized spacial score (nSPS) is 14.4. The number of hydrazine groups is 1. The standard InChI is InChI=1S/C15H18N4OS/c16-18-15(20)11-3-4-12(17-8-11)9-19(13-5-6-13)10-14-2-1-7-21-14/h1-4,7-8,13H,5-6,9-10,16H2,(H,18,20). The lowest BCUT2D eigenvalue weighted by atomic mass is 10.2. The first kappa shape index (κ1) is 14.2. The second-order valence-electron chi connectivity index (χ2n) is 5.23. The zero-order chi connectivity index (χ0) is 14.7. The highest BCUT2D eigenvalue weighted by Gasteiger charge is 2.29. The lowest BCUT2D eigenvalue weighted by Gasteiger charge is -2.20. The first-order valence-electron chi connectivity index (χ1n) is 6.98. The number of nitrogen functional groups attached to an aromatic ring is 1. The monoisotopic (exact) mass is 302 g/mol. The Morgan fingerprint density at radius 1 is 1.38 bits per heavy atom. The predicted octanol–water partition coefficient (Wildman–Crippen LogP) is 1.91. The van der Waals surface area contributed by atoms with Crippen LogP contribution in [0, 0.1) is 0 Å². The van der Waals surface area contributed by atoms with E-state index in [-0.39, 0.29) is 5.91 Å². The molecule has 1 saturated carbocycles. The maximum absolute atomic E-state index is 11.4. The van der Waals surface area contributed by atoms with Gasteiger partial charge in [0, 0.05) is 30.2 Å². The van der Waals surface area contributed by atoms with Gasteiger partial charge in [0.2, 0.25) is 0 Å². The van der Waals surface area contributed by atoms with E-state index in [1.807, 2.05) is 6.07 Å². The number of nitrogens with zero attached hydrogens (tertiary/aromatic N) is 2. The summed E-state index contributed by atoms with van der Waals surface area (Å²) in [6.45, 7) is 1.78. The molecule has 0 bridgehead atoms. The number of aromatic nitrogens is 1. The number of rotatable bonds is 6. The summed E-state index contributed by atoms with van der Waals surface area (Å²) in [5.74, 6) is 4.80. The molecule has 2 aromatic rings. The fraction of sp³-hybridized carbons (Fsp3) is 0.333. The summed E-state index contributed by atoms with van der Waals surface area (Å²) in [5, 5.41) is 2.11. The Morgan fingerprint density at radius 3 is 2.81 bits per heavy atom. The van der Waals surface area contributed by atoms with E-state index in [4.69, 9.17) is 5.84 Å². The third-order valence-electron chi connectivity index (χ3n) is 3.59. The van der Waals surface area contributed by atoms with Gasteiger partial charge in [-0.15, -0.1) is 11.3 Å². The van der Waals surface area contributed by atoms with Gasteiger partial charge in [-0.25, -0.2) is 5.84 Å². The van der Waals surface area contributed by atoms with Crippen LogP contribution in [0.3, 0.4) is 0 Å². The summed E-state index contributed by atoms with van der Waals surface area (Å²) in [6.07, 6.45) is 4.10. The van der Waals surface area contributed by atoms with E-state index in [0.29, 0.717) is 11.6 Å². The number of carbonyl (C=O) groups excluding carboxylic acids is 1. The number of carbonyl (C=O) groups is 1. The molecule has 1 aliphatic rings. The molecule has 5 nitrogen and oxygen atoms in total.